The fourth-order valence-electron chi connectivity index (χ4n) is 7.59. The number of carbonyl (C=O) groups excluding carboxylic acids is 2. The van der Waals surface area contributed by atoms with Crippen molar-refractivity contribution in [3.05, 3.63) is 97.2 Å². The van der Waals surface area contributed by atoms with Crippen molar-refractivity contribution in [2.45, 2.75) is 257 Å². The van der Waals surface area contributed by atoms with Crippen molar-refractivity contribution in [3.8, 4) is 0 Å². The molecular weight excluding hydrogens is 803 g/mol. The maximum atomic E-state index is 13.2. The Morgan fingerprint density at radius 3 is 1.29 bits per heavy atom. The first kappa shape index (κ1) is 61.8. The maximum Gasteiger partial charge on any atom is 0.306 e. The summed E-state index contributed by atoms with van der Waals surface area (Å²) in [6.45, 7) is 6.32. The van der Waals surface area contributed by atoms with Crippen LogP contribution in [-0.4, -0.2) is 46.9 Å². The Kier molecular flexibility index (Phi) is 49.2. The van der Waals surface area contributed by atoms with Crippen LogP contribution in [-0.2, 0) is 14.3 Å². The number of rotatable bonds is 47. The minimum atomic E-state index is -0.809. The van der Waals surface area contributed by atoms with Crippen LogP contribution in [0.4, 0.5) is 0 Å². The Bertz CT molecular complexity index is 1290. The Hall–Kier alpha value is -3.22. The summed E-state index contributed by atoms with van der Waals surface area (Å²) in [5.74, 6) is -0.570. The third kappa shape index (κ3) is 47.1. The van der Waals surface area contributed by atoms with Gasteiger partial charge in [0.25, 0.3) is 0 Å². The zero-order chi connectivity index (χ0) is 47.4. The van der Waals surface area contributed by atoms with E-state index in [1.807, 2.05) is 0 Å². The molecule has 0 spiro atoms. The standard InChI is InChI=1S/C59H101NO5/c1-4-7-10-13-16-19-22-25-27-29-31-33-35-38-41-44-47-50-55(65-59(64)52-49-46-43-40-37-34-32-30-28-26-23-20-17-14-11-8-5-2)53-58(63)60-56(54-61)57(62)51-48-45-42-39-36-24-21-18-15-12-9-6-3/h8,11,16-17,19-20,25-28,31-34,40,43,55-57,61-62H,4-7,9-10,12-15,18,21-24,29-30,35-39,41-42,44-54H2,1-3H3,(H,60,63)/b11-8-,19-16-,20-17-,27-25-,28-26-,33-31-,34-32-,43-40-. The van der Waals surface area contributed by atoms with E-state index < -0.39 is 18.2 Å². The van der Waals surface area contributed by atoms with Crippen LogP contribution in [0.1, 0.15) is 239 Å². The largest absolute Gasteiger partial charge is 0.462 e. The van der Waals surface area contributed by atoms with Crippen LogP contribution in [0.3, 0.4) is 0 Å². The van der Waals surface area contributed by atoms with Crippen molar-refractivity contribution < 1.29 is 24.5 Å². The molecule has 0 aromatic carbocycles. The van der Waals surface area contributed by atoms with Crippen molar-refractivity contribution in [3.63, 3.8) is 0 Å². The first-order valence-corrected chi connectivity index (χ1v) is 27.0. The second-order valence-corrected chi connectivity index (χ2v) is 17.9. The molecule has 0 radical (unpaired) electrons. The number of aliphatic hydroxyl groups is 2. The minimum Gasteiger partial charge on any atom is -0.462 e. The Balaban J connectivity index is 4.75. The molecule has 0 bridgehead atoms. The van der Waals surface area contributed by atoms with E-state index >= 15 is 0 Å². The predicted octanol–water partition coefficient (Wildman–Crippen LogP) is 16.5. The highest BCUT2D eigenvalue weighted by atomic mass is 16.5. The summed E-state index contributed by atoms with van der Waals surface area (Å²) in [6.07, 6.45) is 68.9. The highest BCUT2D eigenvalue weighted by Crippen LogP contribution is 2.17. The van der Waals surface area contributed by atoms with E-state index in [4.69, 9.17) is 4.74 Å². The Morgan fingerprint density at radius 2 is 0.831 bits per heavy atom. The highest BCUT2D eigenvalue weighted by Gasteiger charge is 2.24. The lowest BCUT2D eigenvalue weighted by atomic mass is 10.0. The molecule has 65 heavy (non-hydrogen) atoms. The second-order valence-electron chi connectivity index (χ2n) is 17.9. The molecule has 0 aliphatic carbocycles. The van der Waals surface area contributed by atoms with Gasteiger partial charge in [-0.2, -0.15) is 0 Å². The van der Waals surface area contributed by atoms with Crippen LogP contribution in [0, 0.1) is 0 Å². The molecule has 0 heterocycles. The third-order valence-corrected chi connectivity index (χ3v) is 11.6. The van der Waals surface area contributed by atoms with Gasteiger partial charge in [-0.1, -0.05) is 221 Å². The molecule has 0 aliphatic heterocycles. The first-order chi connectivity index (χ1) is 32.0. The normalized spacial score (nSPS) is 14.0. The van der Waals surface area contributed by atoms with E-state index in [-0.39, 0.29) is 24.9 Å². The van der Waals surface area contributed by atoms with Crippen LogP contribution >= 0.6 is 0 Å². The fraction of sp³-hybridized carbons (Fsp3) is 0.695. The van der Waals surface area contributed by atoms with Gasteiger partial charge in [-0.25, -0.2) is 0 Å². The number of nitrogens with one attached hydrogen (secondary N) is 1. The van der Waals surface area contributed by atoms with Gasteiger partial charge in [0.05, 0.1) is 25.2 Å². The van der Waals surface area contributed by atoms with Crippen LogP contribution in [0.5, 0.6) is 0 Å². The van der Waals surface area contributed by atoms with E-state index in [1.165, 1.54) is 83.5 Å². The molecule has 0 saturated carbocycles. The summed E-state index contributed by atoms with van der Waals surface area (Å²) in [7, 11) is 0. The van der Waals surface area contributed by atoms with Gasteiger partial charge in [-0.3, -0.25) is 9.59 Å². The molecule has 3 N–H and O–H groups in total. The Morgan fingerprint density at radius 1 is 0.462 bits per heavy atom. The molecule has 0 rings (SSSR count). The van der Waals surface area contributed by atoms with Crippen LogP contribution in [0.15, 0.2) is 97.2 Å². The van der Waals surface area contributed by atoms with Crippen molar-refractivity contribution in [2.75, 3.05) is 6.61 Å². The molecule has 0 fully saturated rings. The van der Waals surface area contributed by atoms with Gasteiger partial charge >= 0.3 is 5.97 Å². The number of amides is 1. The van der Waals surface area contributed by atoms with Crippen LogP contribution < -0.4 is 5.32 Å². The Labute approximate surface area is 401 Å². The zero-order valence-electron chi connectivity index (χ0n) is 42.3. The summed E-state index contributed by atoms with van der Waals surface area (Å²) in [4.78, 5) is 26.2. The molecule has 6 nitrogen and oxygen atoms in total. The number of hydrogen-bond acceptors (Lipinski definition) is 5. The number of hydrogen-bond donors (Lipinski definition) is 3. The van der Waals surface area contributed by atoms with Gasteiger partial charge in [-0.05, 0) is 103 Å². The highest BCUT2D eigenvalue weighted by molar-refractivity contribution is 5.77. The summed E-state index contributed by atoms with van der Waals surface area (Å²) >= 11 is 0. The number of aliphatic hydroxyl groups excluding tert-OH is 2. The zero-order valence-corrected chi connectivity index (χ0v) is 42.3. The van der Waals surface area contributed by atoms with Crippen LogP contribution in [0.2, 0.25) is 0 Å². The van der Waals surface area contributed by atoms with Crippen molar-refractivity contribution in [1.82, 2.24) is 5.32 Å². The lowest BCUT2D eigenvalue weighted by Gasteiger charge is -2.24. The molecule has 0 aromatic rings. The summed E-state index contributed by atoms with van der Waals surface area (Å²) in [5, 5.41) is 23.8. The SMILES string of the molecule is CC/C=C\C/C=C\C/C=C\C/C=C\C/C=C\CCCC(=O)OC(CCCCCC/C=C\C/C=C\C/C=C\CCCCC)CC(=O)NC(CO)C(O)CCCCCCCCCCCCCC. The van der Waals surface area contributed by atoms with Crippen molar-refractivity contribution in [2.24, 2.45) is 0 Å². The van der Waals surface area contributed by atoms with Gasteiger partial charge < -0.3 is 20.3 Å². The number of esters is 1. The fourth-order valence-corrected chi connectivity index (χ4v) is 7.59. The number of unbranched alkanes of at least 4 members (excludes halogenated alkanes) is 19. The monoisotopic (exact) mass is 904 g/mol. The van der Waals surface area contributed by atoms with E-state index in [0.29, 0.717) is 25.7 Å². The summed E-state index contributed by atoms with van der Waals surface area (Å²) in [6, 6.07) is -0.726. The molecule has 1 amide bonds. The maximum absolute atomic E-state index is 13.2. The third-order valence-electron chi connectivity index (χ3n) is 11.6. The molecule has 372 valence electrons. The van der Waals surface area contributed by atoms with Crippen molar-refractivity contribution in [1.29, 1.82) is 0 Å². The number of ether oxygens (including phenoxy) is 1. The molecule has 0 saturated heterocycles. The first-order valence-electron chi connectivity index (χ1n) is 27.0. The molecule has 0 aliphatic rings. The summed E-state index contributed by atoms with van der Waals surface area (Å²) < 4.78 is 5.91. The van der Waals surface area contributed by atoms with Gasteiger partial charge in [0, 0.05) is 6.42 Å². The van der Waals surface area contributed by atoms with Gasteiger partial charge in [0.1, 0.15) is 6.10 Å². The summed E-state index contributed by atoms with van der Waals surface area (Å²) in [5.41, 5.74) is 0. The molecule has 3 unspecified atom stereocenters. The van der Waals surface area contributed by atoms with Gasteiger partial charge in [-0.15, -0.1) is 0 Å². The molecular formula is C59H101NO5. The van der Waals surface area contributed by atoms with E-state index in [0.717, 1.165) is 103 Å². The molecule has 6 heteroatoms. The average molecular weight is 904 g/mol. The lowest BCUT2D eigenvalue weighted by Crippen LogP contribution is -2.46. The topological polar surface area (TPSA) is 95.9 Å². The van der Waals surface area contributed by atoms with Gasteiger partial charge in [0.2, 0.25) is 5.91 Å². The molecule has 3 atom stereocenters. The number of carbonyl (C=O) groups is 2. The van der Waals surface area contributed by atoms with Gasteiger partial charge in [0.15, 0.2) is 0 Å². The van der Waals surface area contributed by atoms with Crippen LogP contribution in [0.25, 0.3) is 0 Å². The quantitative estimate of drug-likeness (QED) is 0.0321. The second kappa shape index (κ2) is 51.8. The number of allylic oxidation sites excluding steroid dienone is 16. The smallest absolute Gasteiger partial charge is 0.306 e. The molecule has 0 aromatic heterocycles. The van der Waals surface area contributed by atoms with E-state index in [1.54, 1.807) is 0 Å². The minimum absolute atomic E-state index is 0.0350. The predicted molar refractivity (Wildman–Crippen MR) is 282 cm³/mol. The van der Waals surface area contributed by atoms with E-state index in [2.05, 4.69) is 123 Å². The lowest BCUT2D eigenvalue weighted by molar-refractivity contribution is -0.151. The van der Waals surface area contributed by atoms with Crippen molar-refractivity contribution >= 4 is 11.9 Å². The average Bonchev–Trinajstić information content (AvgIpc) is 3.30. The van der Waals surface area contributed by atoms with E-state index in [9.17, 15) is 19.8 Å².